The number of rotatable bonds is 0. The van der Waals surface area contributed by atoms with E-state index in [0.717, 1.165) is 5.41 Å². The third-order valence-electron chi connectivity index (χ3n) is 3.69. The van der Waals surface area contributed by atoms with Crippen LogP contribution in [0.1, 0.15) is 32.1 Å². The molecule has 3 aliphatic rings. The zero-order valence-electron chi connectivity index (χ0n) is 5.19. The van der Waals surface area contributed by atoms with E-state index in [9.17, 15) is 0 Å². The molecule has 0 N–H and O–H groups in total. The molecule has 0 nitrogen and oxygen atoms in total. The first-order valence-electron chi connectivity index (χ1n) is 3.93. The van der Waals surface area contributed by atoms with E-state index in [2.05, 4.69) is 0 Å². The lowest BCUT2D eigenvalue weighted by atomic mass is 9.93. The molecule has 44 valence electrons. The van der Waals surface area contributed by atoms with Crippen molar-refractivity contribution >= 4 is 0 Å². The maximum Gasteiger partial charge on any atom is -0.0235 e. The Morgan fingerprint density at radius 2 is 1.62 bits per heavy atom. The van der Waals surface area contributed by atoms with Gasteiger partial charge < -0.3 is 0 Å². The zero-order valence-corrected chi connectivity index (χ0v) is 5.19. The van der Waals surface area contributed by atoms with Gasteiger partial charge in [-0.15, -0.1) is 0 Å². The summed E-state index contributed by atoms with van der Waals surface area (Å²) < 4.78 is 0. The van der Waals surface area contributed by atoms with Crippen LogP contribution in [0.25, 0.3) is 0 Å². The standard InChI is InChI=1S/C8H12/c1-2-4-8(3-1)6-5-7(6)8/h6-7H,1-5H2. The molecule has 0 amide bonds. The van der Waals surface area contributed by atoms with E-state index in [1.165, 1.54) is 11.8 Å². The highest BCUT2D eigenvalue weighted by molar-refractivity contribution is 5.24. The number of hydrogen-bond donors (Lipinski definition) is 0. The van der Waals surface area contributed by atoms with Crippen molar-refractivity contribution in [1.29, 1.82) is 0 Å². The molecule has 0 bridgehead atoms. The average Bonchev–Trinajstić information content (AvgIpc) is 2.58. The lowest BCUT2D eigenvalue weighted by Crippen LogP contribution is -2.03. The van der Waals surface area contributed by atoms with Crippen LogP contribution in [-0.4, -0.2) is 0 Å². The van der Waals surface area contributed by atoms with Crippen LogP contribution < -0.4 is 0 Å². The van der Waals surface area contributed by atoms with Crippen LogP contribution in [0.5, 0.6) is 0 Å². The van der Waals surface area contributed by atoms with Gasteiger partial charge in [-0.1, -0.05) is 12.8 Å². The molecule has 8 heavy (non-hydrogen) atoms. The van der Waals surface area contributed by atoms with Crippen molar-refractivity contribution in [2.24, 2.45) is 17.3 Å². The van der Waals surface area contributed by atoms with E-state index in [4.69, 9.17) is 0 Å². The fourth-order valence-electron chi connectivity index (χ4n) is 2.95. The Kier molecular flexibility index (Phi) is 0.427. The first-order valence-corrected chi connectivity index (χ1v) is 3.93. The summed E-state index contributed by atoms with van der Waals surface area (Å²) in [7, 11) is 0. The van der Waals surface area contributed by atoms with Crippen LogP contribution in [0.4, 0.5) is 0 Å². The predicted octanol–water partition coefficient (Wildman–Crippen LogP) is 2.20. The van der Waals surface area contributed by atoms with E-state index in [-0.39, 0.29) is 0 Å². The van der Waals surface area contributed by atoms with Crippen molar-refractivity contribution in [3.8, 4) is 0 Å². The molecule has 3 fully saturated rings. The molecule has 0 aromatic heterocycles. The van der Waals surface area contributed by atoms with Gasteiger partial charge in [0.1, 0.15) is 0 Å². The summed E-state index contributed by atoms with van der Waals surface area (Å²) in [4.78, 5) is 0. The van der Waals surface area contributed by atoms with Crippen LogP contribution >= 0.6 is 0 Å². The molecule has 2 atom stereocenters. The lowest BCUT2D eigenvalue weighted by Gasteiger charge is -2.11. The van der Waals surface area contributed by atoms with Crippen molar-refractivity contribution < 1.29 is 0 Å². The van der Waals surface area contributed by atoms with Gasteiger partial charge in [-0.25, -0.2) is 0 Å². The third kappa shape index (κ3) is 0.240. The van der Waals surface area contributed by atoms with Gasteiger partial charge in [0.05, 0.1) is 0 Å². The maximum absolute atomic E-state index is 1.61. The summed E-state index contributed by atoms with van der Waals surface area (Å²) in [6.07, 6.45) is 7.91. The topological polar surface area (TPSA) is 0 Å². The molecule has 3 saturated carbocycles. The molecule has 2 unspecified atom stereocenters. The predicted molar refractivity (Wildman–Crippen MR) is 32.5 cm³/mol. The summed E-state index contributed by atoms with van der Waals surface area (Å²) in [5.41, 5.74) is 1.00. The smallest absolute Gasteiger partial charge is 0.0235 e. The monoisotopic (exact) mass is 108 g/mol. The molecule has 0 aromatic rings. The Morgan fingerprint density at radius 1 is 1.00 bits per heavy atom. The van der Waals surface area contributed by atoms with Gasteiger partial charge in [0.15, 0.2) is 0 Å². The van der Waals surface area contributed by atoms with Gasteiger partial charge >= 0.3 is 0 Å². The highest BCUT2D eigenvalue weighted by atomic mass is 14.8. The molecule has 0 aromatic carbocycles. The molecule has 0 aliphatic heterocycles. The molecule has 0 saturated heterocycles. The van der Waals surface area contributed by atoms with Gasteiger partial charge in [0.25, 0.3) is 0 Å². The molecule has 0 radical (unpaired) electrons. The van der Waals surface area contributed by atoms with Crippen LogP contribution in [0.2, 0.25) is 0 Å². The van der Waals surface area contributed by atoms with Crippen molar-refractivity contribution in [3.05, 3.63) is 0 Å². The Labute approximate surface area is 50.3 Å². The largest absolute Gasteiger partial charge is 0.0527 e. The van der Waals surface area contributed by atoms with Crippen molar-refractivity contribution in [2.75, 3.05) is 0 Å². The SMILES string of the molecule is C1CCC2(C1)C1CC12. The zero-order chi connectivity index (χ0) is 5.19. The average molecular weight is 108 g/mol. The summed E-state index contributed by atoms with van der Waals surface area (Å²) in [6, 6.07) is 0. The Bertz CT molecular complexity index is 121. The van der Waals surface area contributed by atoms with Gasteiger partial charge in [-0.3, -0.25) is 0 Å². The summed E-state index contributed by atoms with van der Waals surface area (Å²) in [6.45, 7) is 0. The van der Waals surface area contributed by atoms with Crippen molar-refractivity contribution in [3.63, 3.8) is 0 Å². The van der Waals surface area contributed by atoms with E-state index in [0.29, 0.717) is 0 Å². The highest BCUT2D eigenvalue weighted by Gasteiger charge is 2.75. The summed E-state index contributed by atoms with van der Waals surface area (Å²) in [5, 5.41) is 0. The normalized spacial score (nSPS) is 54.0. The first kappa shape index (κ1) is 3.92. The molecule has 0 heteroatoms. The quantitative estimate of drug-likeness (QED) is 0.446. The second-order valence-electron chi connectivity index (χ2n) is 3.89. The molecule has 0 heterocycles. The van der Waals surface area contributed by atoms with Crippen LogP contribution in [-0.2, 0) is 0 Å². The number of fused-ring (bicyclic) bond motifs is 3. The Hall–Kier alpha value is 0. The van der Waals surface area contributed by atoms with Gasteiger partial charge in [-0.2, -0.15) is 0 Å². The van der Waals surface area contributed by atoms with Crippen LogP contribution in [0, 0.1) is 17.3 Å². The third-order valence-corrected chi connectivity index (χ3v) is 3.69. The van der Waals surface area contributed by atoms with Gasteiger partial charge in [-0.05, 0) is 36.5 Å². The fourth-order valence-corrected chi connectivity index (χ4v) is 2.95. The Balaban J connectivity index is 1.90. The minimum Gasteiger partial charge on any atom is -0.0527 e. The van der Waals surface area contributed by atoms with E-state index in [1.807, 2.05) is 0 Å². The van der Waals surface area contributed by atoms with E-state index >= 15 is 0 Å². The fraction of sp³-hybridized carbons (Fsp3) is 1.00. The first-order chi connectivity index (χ1) is 3.93. The van der Waals surface area contributed by atoms with E-state index in [1.54, 1.807) is 32.1 Å². The second kappa shape index (κ2) is 0.872. The van der Waals surface area contributed by atoms with Gasteiger partial charge in [0.2, 0.25) is 0 Å². The maximum atomic E-state index is 1.61. The van der Waals surface area contributed by atoms with Gasteiger partial charge in [0, 0.05) is 0 Å². The minimum absolute atomic E-state index is 1.00. The van der Waals surface area contributed by atoms with Crippen molar-refractivity contribution in [2.45, 2.75) is 32.1 Å². The van der Waals surface area contributed by atoms with E-state index < -0.39 is 0 Å². The lowest BCUT2D eigenvalue weighted by molar-refractivity contribution is 0.379. The summed E-state index contributed by atoms with van der Waals surface area (Å²) in [5.74, 6) is 2.51. The second-order valence-corrected chi connectivity index (χ2v) is 3.89. The highest BCUT2D eigenvalue weighted by Crippen LogP contribution is 2.82. The molecule has 3 rings (SSSR count). The van der Waals surface area contributed by atoms with Crippen molar-refractivity contribution in [1.82, 2.24) is 0 Å². The van der Waals surface area contributed by atoms with Crippen LogP contribution in [0.3, 0.4) is 0 Å². The molecular formula is C8H12. The summed E-state index contributed by atoms with van der Waals surface area (Å²) >= 11 is 0. The van der Waals surface area contributed by atoms with Crippen LogP contribution in [0.15, 0.2) is 0 Å². The molecule has 3 aliphatic carbocycles. The number of hydrogen-bond acceptors (Lipinski definition) is 0. The molecule has 1 spiro atoms. The minimum atomic E-state index is 1.00. The Morgan fingerprint density at radius 3 is 1.88 bits per heavy atom. The molecular weight excluding hydrogens is 96.1 g/mol.